The summed E-state index contributed by atoms with van der Waals surface area (Å²) in [6.07, 6.45) is 1.81. The van der Waals surface area contributed by atoms with Crippen LogP contribution in [0.25, 0.3) is 0 Å². The first-order chi connectivity index (χ1) is 14.7. The second-order valence-corrected chi connectivity index (χ2v) is 8.91. The summed E-state index contributed by atoms with van der Waals surface area (Å²) in [4.78, 5) is 27.6. The van der Waals surface area contributed by atoms with E-state index in [2.05, 4.69) is 43.4 Å². The monoisotopic (exact) mass is 442 g/mol. The van der Waals surface area contributed by atoms with Crippen molar-refractivity contribution in [1.29, 1.82) is 0 Å². The number of halogens is 1. The molecule has 2 atom stereocenters. The van der Waals surface area contributed by atoms with Crippen molar-refractivity contribution in [3.8, 4) is 0 Å². The van der Waals surface area contributed by atoms with E-state index in [4.69, 9.17) is 11.6 Å². The van der Waals surface area contributed by atoms with Crippen molar-refractivity contribution in [2.45, 2.75) is 78.4 Å². The lowest BCUT2D eigenvalue weighted by Crippen LogP contribution is -2.49. The van der Waals surface area contributed by atoms with Crippen molar-refractivity contribution >= 4 is 23.4 Å². The van der Waals surface area contributed by atoms with Crippen LogP contribution in [0.3, 0.4) is 0 Å². The number of aryl methyl sites for hydroxylation is 1. The summed E-state index contributed by atoms with van der Waals surface area (Å²) in [7, 11) is 0. The molecule has 4 nitrogen and oxygen atoms in total. The first kappa shape index (κ1) is 24.9. The molecule has 0 aliphatic carbocycles. The molecule has 0 saturated carbocycles. The van der Waals surface area contributed by atoms with Crippen LogP contribution >= 0.6 is 11.6 Å². The van der Waals surface area contributed by atoms with Crippen LogP contribution in [0.4, 0.5) is 0 Å². The summed E-state index contributed by atoms with van der Waals surface area (Å²) >= 11 is 6.34. The highest BCUT2D eigenvalue weighted by Crippen LogP contribution is 2.20. The average Bonchev–Trinajstić information content (AvgIpc) is 2.76. The standard InChI is InChI=1S/C26H35ClN2O2/c1-6-19(4)28-26(31)20(5)29(17-23-9-7-8-10-24(23)27)25(30)16-13-21-11-14-22(15-12-21)18(2)3/h7-12,14-15,18-20H,6,13,16-17H2,1-5H3,(H,28,31)/t19-,20+/m0/s1. The van der Waals surface area contributed by atoms with Crippen LogP contribution in [0.2, 0.25) is 5.02 Å². The quantitative estimate of drug-likeness (QED) is 0.510. The van der Waals surface area contributed by atoms with Gasteiger partial charge in [-0.3, -0.25) is 9.59 Å². The Labute approximate surface area is 192 Å². The Morgan fingerprint density at radius 3 is 2.23 bits per heavy atom. The van der Waals surface area contributed by atoms with Gasteiger partial charge in [0.05, 0.1) is 0 Å². The third-order valence-electron chi connectivity index (χ3n) is 5.74. The van der Waals surface area contributed by atoms with E-state index in [1.165, 1.54) is 5.56 Å². The molecule has 2 aromatic carbocycles. The van der Waals surface area contributed by atoms with Gasteiger partial charge in [0.25, 0.3) is 0 Å². The highest BCUT2D eigenvalue weighted by atomic mass is 35.5. The van der Waals surface area contributed by atoms with Gasteiger partial charge in [-0.2, -0.15) is 0 Å². The van der Waals surface area contributed by atoms with Gasteiger partial charge in [-0.15, -0.1) is 0 Å². The SMILES string of the molecule is CC[C@H](C)NC(=O)[C@@H](C)N(Cc1ccccc1Cl)C(=O)CCc1ccc(C(C)C)cc1. The number of rotatable bonds is 10. The van der Waals surface area contributed by atoms with Crippen molar-refractivity contribution < 1.29 is 9.59 Å². The topological polar surface area (TPSA) is 49.4 Å². The number of hydrogen-bond acceptors (Lipinski definition) is 2. The van der Waals surface area contributed by atoms with E-state index >= 15 is 0 Å². The molecule has 2 aromatic rings. The molecule has 0 saturated heterocycles. The smallest absolute Gasteiger partial charge is 0.242 e. The molecule has 5 heteroatoms. The number of amides is 2. The minimum atomic E-state index is -0.582. The van der Waals surface area contributed by atoms with Crippen LogP contribution in [0.5, 0.6) is 0 Å². The van der Waals surface area contributed by atoms with Gasteiger partial charge in [-0.25, -0.2) is 0 Å². The number of benzene rings is 2. The highest BCUT2D eigenvalue weighted by molar-refractivity contribution is 6.31. The van der Waals surface area contributed by atoms with Crippen LogP contribution in [0.1, 0.15) is 70.1 Å². The molecule has 168 valence electrons. The lowest BCUT2D eigenvalue weighted by molar-refractivity contribution is -0.140. The van der Waals surface area contributed by atoms with Gasteiger partial charge in [0.2, 0.25) is 11.8 Å². The third-order valence-corrected chi connectivity index (χ3v) is 6.11. The molecule has 0 bridgehead atoms. The van der Waals surface area contributed by atoms with Gasteiger partial charge in [-0.1, -0.05) is 74.8 Å². The maximum absolute atomic E-state index is 13.2. The fourth-order valence-corrected chi connectivity index (χ4v) is 3.52. The van der Waals surface area contributed by atoms with Gasteiger partial charge in [0.1, 0.15) is 6.04 Å². The maximum atomic E-state index is 13.2. The molecule has 2 amide bonds. The van der Waals surface area contributed by atoms with Crippen molar-refractivity contribution in [3.05, 3.63) is 70.2 Å². The molecule has 0 radical (unpaired) electrons. The molecular formula is C26H35ClN2O2. The zero-order valence-corrected chi connectivity index (χ0v) is 20.1. The van der Waals surface area contributed by atoms with Crippen molar-refractivity contribution in [1.82, 2.24) is 10.2 Å². The number of nitrogens with one attached hydrogen (secondary N) is 1. The molecule has 0 fully saturated rings. The van der Waals surface area contributed by atoms with Crippen LogP contribution in [0.15, 0.2) is 48.5 Å². The van der Waals surface area contributed by atoms with Crippen molar-refractivity contribution in [2.24, 2.45) is 0 Å². The van der Waals surface area contributed by atoms with Crippen LogP contribution in [-0.4, -0.2) is 28.8 Å². The summed E-state index contributed by atoms with van der Waals surface area (Å²) in [6.45, 7) is 10.4. The van der Waals surface area contributed by atoms with E-state index < -0.39 is 6.04 Å². The fourth-order valence-electron chi connectivity index (χ4n) is 3.32. The second-order valence-electron chi connectivity index (χ2n) is 8.50. The van der Waals surface area contributed by atoms with E-state index in [1.54, 1.807) is 17.9 Å². The van der Waals surface area contributed by atoms with Crippen molar-refractivity contribution in [2.75, 3.05) is 0 Å². The molecule has 2 rings (SSSR count). The first-order valence-corrected chi connectivity index (χ1v) is 11.5. The Hall–Kier alpha value is -2.33. The van der Waals surface area contributed by atoms with Crippen LogP contribution in [0, 0.1) is 0 Å². The minimum Gasteiger partial charge on any atom is -0.352 e. The molecular weight excluding hydrogens is 408 g/mol. The van der Waals surface area contributed by atoms with Gasteiger partial charge in [0, 0.05) is 24.0 Å². The van der Waals surface area contributed by atoms with Gasteiger partial charge < -0.3 is 10.2 Å². The predicted octanol–water partition coefficient (Wildman–Crippen LogP) is 5.73. The summed E-state index contributed by atoms with van der Waals surface area (Å²) < 4.78 is 0. The number of nitrogens with zero attached hydrogens (tertiary/aromatic N) is 1. The average molecular weight is 443 g/mol. The minimum absolute atomic E-state index is 0.0559. The Bertz CT molecular complexity index is 864. The zero-order chi connectivity index (χ0) is 23.0. The Morgan fingerprint density at radius 1 is 1.00 bits per heavy atom. The zero-order valence-electron chi connectivity index (χ0n) is 19.3. The highest BCUT2D eigenvalue weighted by Gasteiger charge is 2.27. The molecule has 31 heavy (non-hydrogen) atoms. The first-order valence-electron chi connectivity index (χ1n) is 11.1. The van der Waals surface area contributed by atoms with Gasteiger partial charge in [0.15, 0.2) is 0 Å². The largest absolute Gasteiger partial charge is 0.352 e. The lowest BCUT2D eigenvalue weighted by atomic mass is 10.00. The second kappa shape index (κ2) is 11.9. The molecule has 0 unspecified atom stereocenters. The van der Waals surface area contributed by atoms with Gasteiger partial charge >= 0.3 is 0 Å². The molecule has 1 N–H and O–H groups in total. The van der Waals surface area contributed by atoms with E-state index in [0.717, 1.165) is 17.5 Å². The molecule has 0 heterocycles. The molecule has 0 aliphatic rings. The number of carbonyl (C=O) groups excluding carboxylic acids is 2. The van der Waals surface area contributed by atoms with E-state index in [0.29, 0.717) is 30.3 Å². The van der Waals surface area contributed by atoms with Crippen molar-refractivity contribution in [3.63, 3.8) is 0 Å². The normalized spacial score (nSPS) is 13.0. The Morgan fingerprint density at radius 2 is 1.65 bits per heavy atom. The van der Waals surface area contributed by atoms with E-state index in [9.17, 15) is 9.59 Å². The fraction of sp³-hybridized carbons (Fsp3) is 0.462. The van der Waals surface area contributed by atoms with Crippen LogP contribution < -0.4 is 5.32 Å². The third kappa shape index (κ3) is 7.39. The predicted molar refractivity (Wildman–Crippen MR) is 128 cm³/mol. The summed E-state index contributed by atoms with van der Waals surface area (Å²) in [5.41, 5.74) is 3.24. The molecule has 0 spiro atoms. The molecule has 0 aromatic heterocycles. The Kier molecular flexibility index (Phi) is 9.57. The molecule has 0 aliphatic heterocycles. The van der Waals surface area contributed by atoms with E-state index in [-0.39, 0.29) is 17.9 Å². The van der Waals surface area contributed by atoms with E-state index in [1.807, 2.05) is 32.0 Å². The Balaban J connectivity index is 2.14. The maximum Gasteiger partial charge on any atom is 0.242 e. The van der Waals surface area contributed by atoms with Crippen LogP contribution in [-0.2, 0) is 22.6 Å². The number of hydrogen-bond donors (Lipinski definition) is 1. The summed E-state index contributed by atoms with van der Waals surface area (Å²) in [5.74, 6) is 0.280. The summed E-state index contributed by atoms with van der Waals surface area (Å²) in [6, 6.07) is 15.3. The number of carbonyl (C=O) groups is 2. The summed E-state index contributed by atoms with van der Waals surface area (Å²) in [5, 5.41) is 3.59. The van der Waals surface area contributed by atoms with Gasteiger partial charge in [-0.05, 0) is 55.4 Å². The lowest BCUT2D eigenvalue weighted by Gasteiger charge is -2.30.